The summed E-state index contributed by atoms with van der Waals surface area (Å²) in [5.74, 6) is 1.32. The largest absolute Gasteiger partial charge is 0.273 e. The predicted octanol–water partition coefficient (Wildman–Crippen LogP) is 6.98. The third kappa shape index (κ3) is 3.93. The van der Waals surface area contributed by atoms with E-state index in [1.54, 1.807) is 6.08 Å². The van der Waals surface area contributed by atoms with E-state index in [2.05, 4.69) is 20.8 Å². The van der Waals surface area contributed by atoms with Crippen molar-refractivity contribution >= 4 is 0 Å². The van der Waals surface area contributed by atoms with Crippen LogP contribution in [0.1, 0.15) is 74.1 Å². The van der Waals surface area contributed by atoms with Crippen LogP contribution >= 0.6 is 0 Å². The molecular weight excluding hydrogens is 254 g/mol. The van der Waals surface area contributed by atoms with Crippen LogP contribution in [0.25, 0.3) is 0 Å². The topological polar surface area (TPSA) is 0 Å². The molecule has 0 aromatic carbocycles. The lowest BCUT2D eigenvalue weighted by atomic mass is 9.57. The summed E-state index contributed by atoms with van der Waals surface area (Å²) in [4.78, 5) is 0. The van der Waals surface area contributed by atoms with Crippen LogP contribution in [0.3, 0.4) is 0 Å². The molecule has 2 aliphatic rings. The van der Waals surface area contributed by atoms with Crippen molar-refractivity contribution in [3.63, 3.8) is 0 Å². The highest BCUT2D eigenvalue weighted by Crippen LogP contribution is 2.53. The fourth-order valence-corrected chi connectivity index (χ4v) is 3.29. The Kier molecular flexibility index (Phi) is 8.30. The number of hydrogen-bond donors (Lipinski definition) is 0. The van der Waals surface area contributed by atoms with E-state index in [0.717, 1.165) is 19.3 Å². The van der Waals surface area contributed by atoms with Crippen molar-refractivity contribution in [2.24, 2.45) is 17.3 Å². The van der Waals surface area contributed by atoms with Gasteiger partial charge in [-0.25, -0.2) is 0 Å². The molecule has 0 heterocycles. The highest BCUT2D eigenvalue weighted by atomic mass is 19.3. The molecule has 3 unspecified atom stereocenters. The molecule has 1 saturated carbocycles. The molecule has 0 spiro atoms. The van der Waals surface area contributed by atoms with Gasteiger partial charge in [0.2, 0.25) is 0 Å². The minimum Gasteiger partial charge on any atom is -0.173 e. The molecule has 20 heavy (non-hydrogen) atoms. The lowest BCUT2D eigenvalue weighted by molar-refractivity contribution is 0.124. The molecule has 0 aromatic heterocycles. The van der Waals surface area contributed by atoms with E-state index in [0.29, 0.717) is 18.3 Å². The lowest BCUT2D eigenvalue weighted by Crippen LogP contribution is -2.37. The number of allylic oxidation sites excluding steroid dienone is 3. The molecule has 0 N–H and O–H groups in total. The minimum absolute atomic E-state index is 0.163. The third-order valence-electron chi connectivity index (χ3n) is 4.97. The van der Waals surface area contributed by atoms with Crippen molar-refractivity contribution in [2.75, 3.05) is 0 Å². The van der Waals surface area contributed by atoms with Crippen LogP contribution in [0.15, 0.2) is 23.3 Å². The van der Waals surface area contributed by atoms with Crippen LogP contribution in [0.4, 0.5) is 8.78 Å². The van der Waals surface area contributed by atoms with Crippen LogP contribution in [0, 0.1) is 17.3 Å². The quantitative estimate of drug-likeness (QED) is 0.450. The normalized spacial score (nSPS) is 31.9. The summed E-state index contributed by atoms with van der Waals surface area (Å²) in [6, 6.07) is 0. The Balaban J connectivity index is 0.000000829. The molecule has 0 bridgehead atoms. The van der Waals surface area contributed by atoms with Crippen molar-refractivity contribution < 1.29 is 8.78 Å². The van der Waals surface area contributed by atoms with Crippen molar-refractivity contribution in [2.45, 2.75) is 74.1 Å². The fourth-order valence-electron chi connectivity index (χ4n) is 3.29. The second kappa shape index (κ2) is 8.59. The maximum absolute atomic E-state index is 12.6. The van der Waals surface area contributed by atoms with E-state index in [4.69, 9.17) is 0 Å². The second-order valence-corrected chi connectivity index (χ2v) is 5.68. The summed E-state index contributed by atoms with van der Waals surface area (Å²) in [7, 11) is 0. The van der Waals surface area contributed by atoms with Gasteiger partial charge >= 0.3 is 0 Å². The van der Waals surface area contributed by atoms with E-state index in [1.165, 1.54) is 5.57 Å². The van der Waals surface area contributed by atoms with E-state index in [-0.39, 0.29) is 11.0 Å². The number of hydrogen-bond acceptors (Lipinski definition) is 0. The second-order valence-electron chi connectivity index (χ2n) is 5.68. The van der Waals surface area contributed by atoms with Gasteiger partial charge in [0.1, 0.15) is 0 Å². The van der Waals surface area contributed by atoms with Crippen LogP contribution in [-0.4, -0.2) is 0 Å². The maximum Gasteiger partial charge on any atom is 0.273 e. The summed E-state index contributed by atoms with van der Waals surface area (Å²) >= 11 is 0. The molecule has 1 fully saturated rings. The standard InChI is InChI=1S/C14H20F2.2C2H6/c1-9-4-5-12-8-11(13(15)16)6-7-14(12,3)10(9)2;2*1-2/h8-10H,4-7H2,1-3H3;2*1-2H3. The number of fused-ring (bicyclic) bond motifs is 1. The van der Waals surface area contributed by atoms with Gasteiger partial charge < -0.3 is 0 Å². The van der Waals surface area contributed by atoms with Crippen molar-refractivity contribution in [1.29, 1.82) is 0 Å². The van der Waals surface area contributed by atoms with Crippen molar-refractivity contribution in [3.05, 3.63) is 23.3 Å². The van der Waals surface area contributed by atoms with Gasteiger partial charge in [0.05, 0.1) is 0 Å². The Morgan fingerprint density at radius 1 is 1.10 bits per heavy atom. The van der Waals surface area contributed by atoms with E-state index >= 15 is 0 Å². The SMILES string of the molecule is CC.CC.CC1CCC2=CC(=C(F)F)CCC2(C)C1C. The highest BCUT2D eigenvalue weighted by Gasteiger charge is 2.42. The van der Waals surface area contributed by atoms with Gasteiger partial charge in [-0.2, -0.15) is 8.78 Å². The average molecular weight is 286 g/mol. The van der Waals surface area contributed by atoms with Gasteiger partial charge in [-0.15, -0.1) is 0 Å². The first-order valence-corrected chi connectivity index (χ1v) is 8.20. The summed E-state index contributed by atoms with van der Waals surface area (Å²) in [5, 5.41) is 0. The first-order chi connectivity index (χ1) is 9.45. The fraction of sp³-hybridized carbons (Fsp3) is 0.778. The predicted molar refractivity (Wildman–Crippen MR) is 84.9 cm³/mol. The van der Waals surface area contributed by atoms with Crippen molar-refractivity contribution in [3.8, 4) is 0 Å². The van der Waals surface area contributed by atoms with Gasteiger partial charge in [0, 0.05) is 5.57 Å². The Labute approximate surface area is 124 Å². The van der Waals surface area contributed by atoms with E-state index in [1.807, 2.05) is 27.7 Å². The molecule has 0 nitrogen and oxygen atoms in total. The molecule has 0 aromatic rings. The Hall–Kier alpha value is -0.660. The van der Waals surface area contributed by atoms with Crippen LogP contribution in [-0.2, 0) is 0 Å². The summed E-state index contributed by atoms with van der Waals surface area (Å²) in [6.07, 6.45) is 3.86. The Morgan fingerprint density at radius 3 is 2.15 bits per heavy atom. The first kappa shape index (κ1) is 19.3. The van der Waals surface area contributed by atoms with Gasteiger partial charge in [0.15, 0.2) is 0 Å². The molecule has 0 aliphatic heterocycles. The maximum atomic E-state index is 12.6. The zero-order valence-electron chi connectivity index (χ0n) is 14.3. The molecule has 0 amide bonds. The summed E-state index contributed by atoms with van der Waals surface area (Å²) in [6.45, 7) is 14.8. The molecule has 2 heteroatoms. The van der Waals surface area contributed by atoms with Crippen LogP contribution in [0.2, 0.25) is 0 Å². The molecule has 0 saturated heterocycles. The average Bonchev–Trinajstić information content (AvgIpc) is 2.48. The van der Waals surface area contributed by atoms with Crippen LogP contribution in [0.5, 0.6) is 0 Å². The van der Waals surface area contributed by atoms with Gasteiger partial charge in [-0.1, -0.05) is 60.1 Å². The minimum atomic E-state index is -1.49. The first-order valence-electron chi connectivity index (χ1n) is 8.20. The Morgan fingerprint density at radius 2 is 1.65 bits per heavy atom. The lowest BCUT2D eigenvalue weighted by Gasteiger charge is -2.48. The zero-order valence-corrected chi connectivity index (χ0v) is 14.3. The smallest absolute Gasteiger partial charge is 0.173 e. The molecule has 2 aliphatic carbocycles. The van der Waals surface area contributed by atoms with Gasteiger partial charge in [-0.3, -0.25) is 0 Å². The third-order valence-corrected chi connectivity index (χ3v) is 4.97. The Bertz CT molecular complexity index is 350. The van der Waals surface area contributed by atoms with E-state index < -0.39 is 6.08 Å². The van der Waals surface area contributed by atoms with E-state index in [9.17, 15) is 8.78 Å². The monoisotopic (exact) mass is 286 g/mol. The highest BCUT2D eigenvalue weighted by molar-refractivity contribution is 5.34. The van der Waals surface area contributed by atoms with Crippen LogP contribution < -0.4 is 0 Å². The molecular formula is C18H32F2. The molecule has 118 valence electrons. The molecule has 3 atom stereocenters. The molecule has 2 rings (SSSR count). The summed E-state index contributed by atoms with van der Waals surface area (Å²) in [5.41, 5.74) is 1.69. The number of rotatable bonds is 0. The molecule has 0 radical (unpaired) electrons. The van der Waals surface area contributed by atoms with Gasteiger partial charge in [0.25, 0.3) is 6.08 Å². The van der Waals surface area contributed by atoms with Gasteiger partial charge in [-0.05, 0) is 42.9 Å². The summed E-state index contributed by atoms with van der Waals surface area (Å²) < 4.78 is 25.2. The zero-order chi connectivity index (χ0) is 15.9. The number of halogens is 2. The van der Waals surface area contributed by atoms with Crippen molar-refractivity contribution in [1.82, 2.24) is 0 Å².